The van der Waals surface area contributed by atoms with Crippen molar-refractivity contribution >= 4 is 34.4 Å². The van der Waals surface area contributed by atoms with Crippen LogP contribution in [-0.4, -0.2) is 25.2 Å². The van der Waals surface area contributed by atoms with Gasteiger partial charge in [-0.2, -0.15) is 4.98 Å². The molecule has 0 unspecified atom stereocenters. The molecule has 0 bridgehead atoms. The van der Waals surface area contributed by atoms with Gasteiger partial charge in [-0.1, -0.05) is 23.7 Å². The third-order valence-corrected chi connectivity index (χ3v) is 6.54. The van der Waals surface area contributed by atoms with Gasteiger partial charge in [-0.15, -0.1) is 0 Å². The number of hydrogen-bond donors (Lipinski definition) is 0. The lowest BCUT2D eigenvalue weighted by Gasteiger charge is -2.17. The molecule has 0 N–H and O–H groups in total. The first kappa shape index (κ1) is 20.5. The van der Waals surface area contributed by atoms with Gasteiger partial charge < -0.3 is 9.47 Å². The van der Waals surface area contributed by atoms with E-state index < -0.39 is 17.1 Å². The van der Waals surface area contributed by atoms with Crippen LogP contribution >= 0.6 is 11.6 Å². The van der Waals surface area contributed by atoms with Gasteiger partial charge >= 0.3 is 5.69 Å². The smallest absolute Gasteiger partial charge is 0.310 e. The molecular formula is C23H21ClFN5O2. The van der Waals surface area contributed by atoms with E-state index in [0.717, 1.165) is 15.8 Å². The SMILES string of the molecule is Cc1ccc(N2CCn3c2nc2c3c(=O)n(Cc3c(F)cccc3Cl)c(=O)n2C)cc1C. The minimum atomic E-state index is -0.573. The summed E-state index contributed by atoms with van der Waals surface area (Å²) in [5.74, 6) is 0.0445. The Labute approximate surface area is 187 Å². The Kier molecular flexibility index (Phi) is 4.70. The van der Waals surface area contributed by atoms with Crippen LogP contribution in [0.15, 0.2) is 46.0 Å². The van der Waals surface area contributed by atoms with E-state index >= 15 is 0 Å². The van der Waals surface area contributed by atoms with Crippen molar-refractivity contribution in [3.8, 4) is 0 Å². The number of aryl methyl sites for hydroxylation is 3. The van der Waals surface area contributed by atoms with E-state index in [4.69, 9.17) is 11.6 Å². The second-order valence-corrected chi connectivity index (χ2v) is 8.50. The zero-order chi connectivity index (χ0) is 22.7. The van der Waals surface area contributed by atoms with Gasteiger partial charge in [-0.05, 0) is 49.2 Å². The maximum absolute atomic E-state index is 14.3. The molecule has 2 aromatic heterocycles. The Morgan fingerprint density at radius 3 is 2.59 bits per heavy atom. The monoisotopic (exact) mass is 453 g/mol. The van der Waals surface area contributed by atoms with Gasteiger partial charge in [0.1, 0.15) is 5.82 Å². The van der Waals surface area contributed by atoms with Crippen LogP contribution < -0.4 is 16.1 Å². The summed E-state index contributed by atoms with van der Waals surface area (Å²) in [6.45, 7) is 5.05. The molecule has 4 aromatic rings. The third kappa shape index (κ3) is 2.97. The molecule has 7 nitrogen and oxygen atoms in total. The number of imidazole rings is 1. The summed E-state index contributed by atoms with van der Waals surface area (Å²) >= 11 is 6.14. The Morgan fingerprint density at radius 2 is 1.88 bits per heavy atom. The molecule has 0 aliphatic carbocycles. The molecule has 0 fully saturated rings. The summed E-state index contributed by atoms with van der Waals surface area (Å²) in [4.78, 5) is 33.1. The molecule has 0 amide bonds. The van der Waals surface area contributed by atoms with E-state index in [1.807, 2.05) is 22.5 Å². The third-order valence-electron chi connectivity index (χ3n) is 6.18. The number of benzene rings is 2. The summed E-state index contributed by atoms with van der Waals surface area (Å²) in [5.41, 5.74) is 2.98. The Bertz CT molecular complexity index is 1500. The van der Waals surface area contributed by atoms with Crippen molar-refractivity contribution in [2.24, 2.45) is 7.05 Å². The number of anilines is 2. The highest BCUT2D eigenvalue weighted by atomic mass is 35.5. The van der Waals surface area contributed by atoms with Gasteiger partial charge in [-0.3, -0.25) is 13.9 Å². The fraction of sp³-hybridized carbons (Fsp3) is 0.261. The fourth-order valence-corrected chi connectivity index (χ4v) is 4.42. The number of fused-ring (bicyclic) bond motifs is 3. The van der Waals surface area contributed by atoms with Gasteiger partial charge in [0.2, 0.25) is 5.95 Å². The molecule has 9 heteroatoms. The Morgan fingerprint density at radius 1 is 1.09 bits per heavy atom. The zero-order valence-corrected chi connectivity index (χ0v) is 18.6. The van der Waals surface area contributed by atoms with Crippen LogP contribution in [0.25, 0.3) is 11.2 Å². The van der Waals surface area contributed by atoms with Crippen molar-refractivity contribution in [3.63, 3.8) is 0 Å². The van der Waals surface area contributed by atoms with E-state index in [2.05, 4.69) is 24.0 Å². The normalized spacial score (nSPS) is 13.2. The van der Waals surface area contributed by atoms with Gasteiger partial charge in [0, 0.05) is 36.4 Å². The van der Waals surface area contributed by atoms with Crippen LogP contribution in [0.5, 0.6) is 0 Å². The lowest BCUT2D eigenvalue weighted by molar-refractivity contribution is 0.582. The standard InChI is InChI=1S/C23H21ClFN5O2/c1-13-7-8-15(11-14(13)2)28-9-10-29-19-20(26-22(28)29)27(3)23(32)30(21(19)31)12-16-17(24)5-4-6-18(16)25/h4-8,11H,9-10,12H2,1-3H3. The van der Waals surface area contributed by atoms with Crippen LogP contribution in [0.2, 0.25) is 5.02 Å². The van der Waals surface area contributed by atoms with E-state index in [-0.39, 0.29) is 17.1 Å². The van der Waals surface area contributed by atoms with Gasteiger partial charge in [0.15, 0.2) is 11.2 Å². The molecule has 1 aliphatic heterocycles. The second kappa shape index (κ2) is 7.34. The van der Waals surface area contributed by atoms with Gasteiger partial charge in [0.25, 0.3) is 5.56 Å². The minimum absolute atomic E-state index is 0.102. The predicted octanol–water partition coefficient (Wildman–Crippen LogP) is 3.51. The summed E-state index contributed by atoms with van der Waals surface area (Å²) < 4.78 is 18.5. The Hall–Kier alpha value is -3.39. The average Bonchev–Trinajstić information content (AvgIpc) is 3.33. The van der Waals surface area contributed by atoms with Crippen molar-refractivity contribution in [2.45, 2.75) is 26.9 Å². The molecule has 0 radical (unpaired) electrons. The summed E-state index contributed by atoms with van der Waals surface area (Å²) in [6, 6.07) is 10.4. The van der Waals surface area contributed by atoms with Crippen LogP contribution in [0.4, 0.5) is 16.0 Å². The van der Waals surface area contributed by atoms with Gasteiger partial charge in [-0.25, -0.2) is 9.18 Å². The summed E-state index contributed by atoms with van der Waals surface area (Å²) in [6.07, 6.45) is 0. The molecule has 5 rings (SSSR count). The lowest BCUT2D eigenvalue weighted by atomic mass is 10.1. The lowest BCUT2D eigenvalue weighted by Crippen LogP contribution is -2.40. The van der Waals surface area contributed by atoms with E-state index in [0.29, 0.717) is 30.2 Å². The first-order valence-electron chi connectivity index (χ1n) is 10.3. The molecule has 0 saturated carbocycles. The highest BCUT2D eigenvalue weighted by molar-refractivity contribution is 6.31. The first-order valence-corrected chi connectivity index (χ1v) is 10.6. The highest BCUT2D eigenvalue weighted by Crippen LogP contribution is 2.32. The summed E-state index contributed by atoms with van der Waals surface area (Å²) in [7, 11) is 1.56. The molecule has 164 valence electrons. The maximum atomic E-state index is 14.3. The van der Waals surface area contributed by atoms with E-state index in [9.17, 15) is 14.0 Å². The fourth-order valence-electron chi connectivity index (χ4n) is 4.20. The number of hydrogen-bond acceptors (Lipinski definition) is 4. The first-order chi connectivity index (χ1) is 15.3. The van der Waals surface area contributed by atoms with E-state index in [1.165, 1.54) is 28.3 Å². The van der Waals surface area contributed by atoms with Crippen LogP contribution in [0.1, 0.15) is 16.7 Å². The number of nitrogens with zero attached hydrogens (tertiary/aromatic N) is 5. The molecular weight excluding hydrogens is 433 g/mol. The van der Waals surface area contributed by atoms with E-state index in [1.54, 1.807) is 7.05 Å². The molecule has 3 heterocycles. The number of halogens is 2. The highest BCUT2D eigenvalue weighted by Gasteiger charge is 2.29. The summed E-state index contributed by atoms with van der Waals surface area (Å²) in [5, 5.41) is 0.165. The van der Waals surface area contributed by atoms with Crippen LogP contribution in [0, 0.1) is 19.7 Å². The van der Waals surface area contributed by atoms with Crippen molar-refractivity contribution in [3.05, 3.63) is 84.8 Å². The van der Waals surface area contributed by atoms with Crippen molar-refractivity contribution < 1.29 is 4.39 Å². The largest absolute Gasteiger partial charge is 0.332 e. The minimum Gasteiger partial charge on any atom is -0.310 e. The molecule has 0 saturated heterocycles. The van der Waals surface area contributed by atoms with Crippen molar-refractivity contribution in [1.82, 2.24) is 18.7 Å². The average molecular weight is 454 g/mol. The maximum Gasteiger partial charge on any atom is 0.332 e. The predicted molar refractivity (Wildman–Crippen MR) is 123 cm³/mol. The Balaban J connectivity index is 1.69. The molecule has 2 aromatic carbocycles. The number of aromatic nitrogens is 4. The van der Waals surface area contributed by atoms with Crippen LogP contribution in [0.3, 0.4) is 0 Å². The van der Waals surface area contributed by atoms with Crippen molar-refractivity contribution in [1.29, 1.82) is 0 Å². The van der Waals surface area contributed by atoms with Crippen LogP contribution in [-0.2, 0) is 20.1 Å². The topological polar surface area (TPSA) is 65.1 Å². The molecule has 0 atom stereocenters. The molecule has 0 spiro atoms. The quantitative estimate of drug-likeness (QED) is 0.476. The second-order valence-electron chi connectivity index (χ2n) is 8.09. The molecule has 1 aliphatic rings. The molecule has 32 heavy (non-hydrogen) atoms. The number of rotatable bonds is 3. The zero-order valence-electron chi connectivity index (χ0n) is 17.9. The van der Waals surface area contributed by atoms with Crippen molar-refractivity contribution in [2.75, 3.05) is 11.4 Å². The van der Waals surface area contributed by atoms with Gasteiger partial charge in [0.05, 0.1) is 6.54 Å².